The van der Waals surface area contributed by atoms with E-state index in [0.717, 1.165) is 50.1 Å². The summed E-state index contributed by atoms with van der Waals surface area (Å²) < 4.78 is 6.19. The molecule has 2 nitrogen and oxygen atoms in total. The van der Waals surface area contributed by atoms with Crippen LogP contribution < -0.4 is 4.90 Å². The van der Waals surface area contributed by atoms with E-state index in [2.05, 4.69) is 217 Å². The first kappa shape index (κ1) is 33.0. The molecule has 9 aromatic carbocycles. The number of hydrogen-bond donors (Lipinski definition) is 0. The van der Waals surface area contributed by atoms with Gasteiger partial charge < -0.3 is 9.32 Å². The first-order chi connectivity index (χ1) is 28.3. The molecule has 1 aromatic heterocycles. The summed E-state index contributed by atoms with van der Waals surface area (Å²) in [6, 6.07) is 81.3. The van der Waals surface area contributed by atoms with E-state index in [4.69, 9.17) is 4.42 Å². The number of nitrogens with zero attached hydrogens (tertiary/aromatic N) is 1. The average Bonchev–Trinajstić information content (AvgIpc) is 3.81. The lowest BCUT2D eigenvalue weighted by atomic mass is 9.68. The summed E-state index contributed by atoms with van der Waals surface area (Å²) in [7, 11) is 0. The van der Waals surface area contributed by atoms with Gasteiger partial charge in [0, 0.05) is 27.7 Å². The van der Waals surface area contributed by atoms with Crippen LogP contribution in [0.25, 0.3) is 55.3 Å². The Morgan fingerprint density at radius 3 is 1.65 bits per heavy atom. The van der Waals surface area contributed by atoms with Crippen LogP contribution >= 0.6 is 0 Å². The molecular weight excluding hydrogens is 691 g/mol. The second-order valence-corrected chi connectivity index (χ2v) is 14.8. The summed E-state index contributed by atoms with van der Waals surface area (Å²) in [5.74, 6) is 0. The van der Waals surface area contributed by atoms with Crippen molar-refractivity contribution in [3.05, 3.63) is 247 Å². The third kappa shape index (κ3) is 5.26. The van der Waals surface area contributed by atoms with Crippen LogP contribution in [0.2, 0.25) is 0 Å². The number of benzene rings is 9. The third-order valence-electron chi connectivity index (χ3n) is 11.8. The van der Waals surface area contributed by atoms with E-state index in [-0.39, 0.29) is 0 Å². The highest BCUT2D eigenvalue weighted by molar-refractivity contribution is 6.06. The predicted molar refractivity (Wildman–Crippen MR) is 237 cm³/mol. The van der Waals surface area contributed by atoms with Gasteiger partial charge in [0.05, 0.1) is 11.1 Å². The fraction of sp³-hybridized carbons (Fsp3) is 0.0182. The Hall–Kier alpha value is -7.42. The molecule has 1 aliphatic rings. The Morgan fingerprint density at radius 1 is 0.333 bits per heavy atom. The lowest BCUT2D eigenvalue weighted by molar-refractivity contribution is 0.669. The zero-order valence-electron chi connectivity index (χ0n) is 31.2. The van der Waals surface area contributed by atoms with Crippen LogP contribution in [-0.2, 0) is 5.41 Å². The smallest absolute Gasteiger partial charge is 0.135 e. The largest absolute Gasteiger partial charge is 0.456 e. The van der Waals surface area contributed by atoms with E-state index in [1.54, 1.807) is 0 Å². The molecular formula is C55H37NO. The van der Waals surface area contributed by atoms with Crippen LogP contribution in [0.4, 0.5) is 17.1 Å². The first-order valence-electron chi connectivity index (χ1n) is 19.6. The lowest BCUT2D eigenvalue weighted by Crippen LogP contribution is -2.28. The number of hydrogen-bond acceptors (Lipinski definition) is 2. The van der Waals surface area contributed by atoms with Gasteiger partial charge in [0.1, 0.15) is 11.2 Å². The number of fused-ring (bicyclic) bond motifs is 6. The second kappa shape index (κ2) is 13.4. The lowest BCUT2D eigenvalue weighted by Gasteiger charge is -2.34. The zero-order valence-corrected chi connectivity index (χ0v) is 31.2. The van der Waals surface area contributed by atoms with Gasteiger partial charge in [-0.2, -0.15) is 0 Å². The molecule has 0 amide bonds. The van der Waals surface area contributed by atoms with Crippen molar-refractivity contribution in [2.24, 2.45) is 0 Å². The van der Waals surface area contributed by atoms with Crippen LogP contribution in [0.5, 0.6) is 0 Å². The molecule has 268 valence electrons. The molecule has 2 heteroatoms. The minimum atomic E-state index is -0.463. The molecule has 0 radical (unpaired) electrons. The Labute approximate surface area is 332 Å². The molecule has 57 heavy (non-hydrogen) atoms. The summed E-state index contributed by atoms with van der Waals surface area (Å²) >= 11 is 0. The molecule has 0 saturated heterocycles. The predicted octanol–water partition coefficient (Wildman–Crippen LogP) is 14.8. The molecule has 0 bridgehead atoms. The maximum atomic E-state index is 6.19. The molecule has 0 N–H and O–H groups in total. The highest BCUT2D eigenvalue weighted by atomic mass is 16.3. The van der Waals surface area contributed by atoms with Gasteiger partial charge in [-0.05, 0) is 98.6 Å². The standard InChI is InChI=1S/C55H37NO/c1-3-16-38(17-4-1)45-22-9-13-28-52(45)56(44-21-15-18-39(36-44)40-30-35-54-49(37-40)48-25-10-14-29-53(48)57-54)43-33-31-42(32-34-43)55(41-19-5-2-6-20-41)50-26-11-7-23-46(50)47-24-8-12-27-51(47)55/h1-37H. The number of furan rings is 1. The van der Waals surface area contributed by atoms with Gasteiger partial charge in [0.25, 0.3) is 0 Å². The van der Waals surface area contributed by atoms with Gasteiger partial charge in [0.15, 0.2) is 0 Å². The molecule has 10 aromatic rings. The molecule has 0 fully saturated rings. The van der Waals surface area contributed by atoms with Crippen LogP contribution in [-0.4, -0.2) is 0 Å². The minimum Gasteiger partial charge on any atom is -0.456 e. The molecule has 1 heterocycles. The fourth-order valence-corrected chi connectivity index (χ4v) is 9.26. The van der Waals surface area contributed by atoms with E-state index in [9.17, 15) is 0 Å². The van der Waals surface area contributed by atoms with Crippen molar-refractivity contribution in [1.29, 1.82) is 0 Å². The van der Waals surface area contributed by atoms with Crippen molar-refractivity contribution in [3.63, 3.8) is 0 Å². The summed E-state index contributed by atoms with van der Waals surface area (Å²) in [5, 5.41) is 2.25. The van der Waals surface area contributed by atoms with Gasteiger partial charge in [-0.3, -0.25) is 0 Å². The van der Waals surface area contributed by atoms with Crippen molar-refractivity contribution in [3.8, 4) is 33.4 Å². The molecule has 0 unspecified atom stereocenters. The van der Waals surface area contributed by atoms with Gasteiger partial charge in [-0.1, -0.05) is 176 Å². The normalized spacial score (nSPS) is 12.7. The van der Waals surface area contributed by atoms with Gasteiger partial charge in [-0.15, -0.1) is 0 Å². The van der Waals surface area contributed by atoms with Gasteiger partial charge in [0.2, 0.25) is 0 Å². The van der Waals surface area contributed by atoms with Crippen LogP contribution in [0, 0.1) is 0 Å². The highest BCUT2D eigenvalue weighted by Crippen LogP contribution is 2.56. The fourth-order valence-electron chi connectivity index (χ4n) is 9.26. The Kier molecular flexibility index (Phi) is 7.75. The van der Waals surface area contributed by atoms with Gasteiger partial charge in [-0.25, -0.2) is 0 Å². The average molecular weight is 728 g/mol. The van der Waals surface area contributed by atoms with Gasteiger partial charge >= 0.3 is 0 Å². The SMILES string of the molecule is c1ccc(-c2ccccc2N(c2ccc(C3(c4ccccc4)c4ccccc4-c4ccccc43)cc2)c2cccc(-c3ccc4oc5ccccc5c4c3)c2)cc1. The Bertz CT molecular complexity index is 3020. The first-order valence-corrected chi connectivity index (χ1v) is 19.6. The molecule has 11 rings (SSSR count). The summed E-state index contributed by atoms with van der Waals surface area (Å²) in [6.45, 7) is 0. The molecule has 0 saturated carbocycles. The number of para-hydroxylation sites is 2. The Morgan fingerprint density at radius 2 is 0.895 bits per heavy atom. The monoisotopic (exact) mass is 727 g/mol. The van der Waals surface area contributed by atoms with Crippen molar-refractivity contribution < 1.29 is 4.42 Å². The van der Waals surface area contributed by atoms with Crippen molar-refractivity contribution in [1.82, 2.24) is 0 Å². The van der Waals surface area contributed by atoms with E-state index < -0.39 is 5.41 Å². The third-order valence-corrected chi connectivity index (χ3v) is 11.8. The van der Waals surface area contributed by atoms with E-state index in [0.29, 0.717) is 0 Å². The summed E-state index contributed by atoms with van der Waals surface area (Å²) in [6.07, 6.45) is 0. The summed E-state index contributed by atoms with van der Waals surface area (Å²) in [5.41, 5.74) is 16.9. The maximum Gasteiger partial charge on any atom is 0.135 e. The van der Waals surface area contributed by atoms with Crippen molar-refractivity contribution in [2.75, 3.05) is 4.90 Å². The highest BCUT2D eigenvalue weighted by Gasteiger charge is 2.45. The minimum absolute atomic E-state index is 0.463. The topological polar surface area (TPSA) is 16.4 Å². The number of rotatable bonds is 7. The maximum absolute atomic E-state index is 6.19. The molecule has 0 atom stereocenters. The van der Waals surface area contributed by atoms with Crippen LogP contribution in [0.15, 0.2) is 229 Å². The molecule has 0 aliphatic heterocycles. The van der Waals surface area contributed by atoms with E-state index >= 15 is 0 Å². The Balaban J connectivity index is 1.10. The van der Waals surface area contributed by atoms with Crippen LogP contribution in [0.1, 0.15) is 22.3 Å². The van der Waals surface area contributed by atoms with E-state index in [1.165, 1.54) is 44.5 Å². The van der Waals surface area contributed by atoms with Crippen molar-refractivity contribution >= 4 is 39.0 Å². The molecule has 1 aliphatic carbocycles. The van der Waals surface area contributed by atoms with Crippen LogP contribution in [0.3, 0.4) is 0 Å². The van der Waals surface area contributed by atoms with E-state index in [1.807, 2.05) is 12.1 Å². The molecule has 0 spiro atoms. The second-order valence-electron chi connectivity index (χ2n) is 14.8. The van der Waals surface area contributed by atoms with Crippen molar-refractivity contribution in [2.45, 2.75) is 5.41 Å². The number of anilines is 3. The summed E-state index contributed by atoms with van der Waals surface area (Å²) in [4.78, 5) is 2.41. The quantitative estimate of drug-likeness (QED) is 0.163. The zero-order chi connectivity index (χ0) is 37.8.